The number of pyridine rings is 1. The van der Waals surface area contributed by atoms with E-state index in [1.54, 1.807) is 10.5 Å². The maximum atomic E-state index is 12.8. The summed E-state index contributed by atoms with van der Waals surface area (Å²) in [6.07, 6.45) is -1.12. The Bertz CT molecular complexity index is 1420. The van der Waals surface area contributed by atoms with Crippen molar-refractivity contribution in [2.45, 2.75) is 13.3 Å². The van der Waals surface area contributed by atoms with E-state index in [4.69, 9.17) is 16.6 Å². The van der Waals surface area contributed by atoms with Crippen LogP contribution in [-0.2, 0) is 0 Å². The summed E-state index contributed by atoms with van der Waals surface area (Å²) in [6, 6.07) is 18.6. The lowest BCUT2D eigenvalue weighted by molar-refractivity contribution is 0.146. The van der Waals surface area contributed by atoms with Crippen molar-refractivity contribution in [3.8, 4) is 11.1 Å². The largest absolute Gasteiger partial charge is 0.326 e. The van der Waals surface area contributed by atoms with Gasteiger partial charge in [-0.15, -0.1) is 10.2 Å². The van der Waals surface area contributed by atoms with Gasteiger partial charge in [0.15, 0.2) is 0 Å². The molecule has 0 spiro atoms. The van der Waals surface area contributed by atoms with Crippen LogP contribution in [0.2, 0.25) is 5.28 Å². The van der Waals surface area contributed by atoms with Gasteiger partial charge < -0.3 is 4.90 Å². The molecule has 9 heteroatoms. The molecule has 6 nitrogen and oxygen atoms in total. The molecule has 0 aliphatic rings. The molecular formula is C23H17ClF2N6. The molecule has 0 aliphatic carbocycles. The SMILES string of the molecule is CCN(c1cccc(-c2ccc(C(F)F)nc2)c1)c1nc2nnc(Cl)n2c2ccccc12. The van der Waals surface area contributed by atoms with Crippen LogP contribution in [-0.4, -0.2) is 31.1 Å². The van der Waals surface area contributed by atoms with Crippen LogP contribution in [0.1, 0.15) is 19.0 Å². The lowest BCUT2D eigenvalue weighted by Gasteiger charge is -2.24. The Morgan fingerprint density at radius 3 is 2.59 bits per heavy atom. The van der Waals surface area contributed by atoms with Gasteiger partial charge in [-0.3, -0.25) is 4.98 Å². The summed E-state index contributed by atoms with van der Waals surface area (Å²) in [7, 11) is 0. The van der Waals surface area contributed by atoms with Crippen LogP contribution in [0.25, 0.3) is 27.8 Å². The van der Waals surface area contributed by atoms with E-state index in [9.17, 15) is 8.78 Å². The summed E-state index contributed by atoms with van der Waals surface area (Å²) >= 11 is 6.24. The molecular weight excluding hydrogens is 434 g/mol. The molecule has 5 rings (SSSR count). The van der Waals surface area contributed by atoms with E-state index >= 15 is 0 Å². The summed E-state index contributed by atoms with van der Waals surface area (Å²) in [4.78, 5) is 10.7. The third-order valence-electron chi connectivity index (χ3n) is 5.27. The second kappa shape index (κ2) is 8.12. The van der Waals surface area contributed by atoms with Crippen molar-refractivity contribution in [3.05, 3.63) is 77.8 Å². The Morgan fingerprint density at radius 2 is 1.84 bits per heavy atom. The topological polar surface area (TPSA) is 59.2 Å². The minimum atomic E-state index is -2.59. The van der Waals surface area contributed by atoms with Crippen LogP contribution in [0.5, 0.6) is 0 Å². The number of hydrogen-bond acceptors (Lipinski definition) is 5. The molecule has 5 aromatic rings. The predicted molar refractivity (Wildman–Crippen MR) is 121 cm³/mol. The van der Waals surface area contributed by atoms with Crippen molar-refractivity contribution in [2.75, 3.05) is 11.4 Å². The Kier molecular flexibility index (Phi) is 5.14. The minimum Gasteiger partial charge on any atom is -0.326 e. The van der Waals surface area contributed by atoms with Gasteiger partial charge in [-0.05, 0) is 54.4 Å². The lowest BCUT2D eigenvalue weighted by Crippen LogP contribution is -2.18. The van der Waals surface area contributed by atoms with E-state index in [1.165, 1.54) is 12.3 Å². The quantitative estimate of drug-likeness (QED) is 0.324. The van der Waals surface area contributed by atoms with Crippen LogP contribution >= 0.6 is 11.6 Å². The van der Waals surface area contributed by atoms with Gasteiger partial charge >= 0.3 is 0 Å². The Morgan fingerprint density at radius 1 is 1.00 bits per heavy atom. The van der Waals surface area contributed by atoms with E-state index in [0.29, 0.717) is 12.3 Å². The van der Waals surface area contributed by atoms with Crippen LogP contribution in [0.15, 0.2) is 66.9 Å². The van der Waals surface area contributed by atoms with E-state index in [-0.39, 0.29) is 11.0 Å². The standard InChI is InChI=1S/C23H17ClF2N6/c1-2-31(16-7-5-6-14(12-16)15-10-11-18(20(25)26)27-13-15)21-17-8-3-4-9-19(17)32-22(24)29-30-23(32)28-21/h3-13,20H,2H2,1H3. The molecule has 2 aromatic carbocycles. The van der Waals surface area contributed by atoms with Crippen LogP contribution in [0.3, 0.4) is 0 Å². The first-order valence-electron chi connectivity index (χ1n) is 9.98. The van der Waals surface area contributed by atoms with E-state index < -0.39 is 6.43 Å². The molecule has 0 atom stereocenters. The molecule has 0 amide bonds. The monoisotopic (exact) mass is 450 g/mol. The van der Waals surface area contributed by atoms with Crippen LogP contribution in [0.4, 0.5) is 20.3 Å². The number of para-hydroxylation sites is 1. The van der Waals surface area contributed by atoms with Crippen molar-refractivity contribution < 1.29 is 8.78 Å². The number of halogens is 3. The van der Waals surface area contributed by atoms with E-state index in [1.807, 2.05) is 55.5 Å². The van der Waals surface area contributed by atoms with Gasteiger partial charge in [0, 0.05) is 29.4 Å². The highest BCUT2D eigenvalue weighted by molar-refractivity contribution is 6.29. The maximum absolute atomic E-state index is 12.8. The van der Waals surface area contributed by atoms with Gasteiger partial charge in [-0.2, -0.15) is 4.98 Å². The summed E-state index contributed by atoms with van der Waals surface area (Å²) in [5, 5.41) is 9.21. The highest BCUT2D eigenvalue weighted by Crippen LogP contribution is 2.34. The fraction of sp³-hybridized carbons (Fsp3) is 0.130. The first kappa shape index (κ1) is 20.3. The molecule has 0 N–H and O–H groups in total. The smallest absolute Gasteiger partial charge is 0.280 e. The van der Waals surface area contributed by atoms with Crippen molar-refractivity contribution >= 4 is 39.8 Å². The summed E-state index contributed by atoms with van der Waals surface area (Å²) in [5.41, 5.74) is 3.13. The zero-order valence-electron chi connectivity index (χ0n) is 17.0. The van der Waals surface area contributed by atoms with E-state index in [2.05, 4.69) is 20.1 Å². The van der Waals surface area contributed by atoms with Crippen LogP contribution in [0, 0.1) is 0 Å². The normalized spacial score (nSPS) is 11.5. The predicted octanol–water partition coefficient (Wildman–Crippen LogP) is 6.09. The van der Waals surface area contributed by atoms with Gasteiger partial charge in [-0.25, -0.2) is 13.2 Å². The molecule has 0 fully saturated rings. The average molecular weight is 451 g/mol. The second-order valence-corrected chi connectivity index (χ2v) is 7.46. The number of alkyl halides is 2. The maximum Gasteiger partial charge on any atom is 0.280 e. The lowest BCUT2D eigenvalue weighted by atomic mass is 10.1. The minimum absolute atomic E-state index is 0.240. The average Bonchev–Trinajstić information content (AvgIpc) is 3.20. The van der Waals surface area contributed by atoms with Gasteiger partial charge in [-0.1, -0.05) is 30.3 Å². The first-order chi connectivity index (χ1) is 15.6. The number of anilines is 2. The number of benzene rings is 2. The fourth-order valence-corrected chi connectivity index (χ4v) is 3.97. The van der Waals surface area contributed by atoms with Gasteiger partial charge in [0.25, 0.3) is 12.2 Å². The molecule has 0 radical (unpaired) electrons. The molecule has 0 saturated carbocycles. The fourth-order valence-electron chi connectivity index (χ4n) is 3.77. The van der Waals surface area contributed by atoms with E-state index in [0.717, 1.165) is 33.5 Å². The molecule has 160 valence electrons. The third-order valence-corrected chi connectivity index (χ3v) is 5.52. The molecule has 0 saturated heterocycles. The summed E-state index contributed by atoms with van der Waals surface area (Å²) < 4.78 is 27.4. The Balaban J connectivity index is 1.63. The highest BCUT2D eigenvalue weighted by atomic mass is 35.5. The summed E-state index contributed by atoms with van der Waals surface area (Å²) in [6.45, 7) is 2.67. The molecule has 3 heterocycles. The second-order valence-electron chi connectivity index (χ2n) is 7.12. The number of hydrogen-bond donors (Lipinski definition) is 0. The molecule has 0 aliphatic heterocycles. The van der Waals surface area contributed by atoms with Crippen molar-refractivity contribution in [3.63, 3.8) is 0 Å². The van der Waals surface area contributed by atoms with Crippen molar-refractivity contribution in [1.82, 2.24) is 24.6 Å². The zero-order chi connectivity index (χ0) is 22.2. The first-order valence-corrected chi connectivity index (χ1v) is 10.4. The number of nitrogens with zero attached hydrogens (tertiary/aromatic N) is 6. The highest BCUT2D eigenvalue weighted by Gasteiger charge is 2.18. The summed E-state index contributed by atoms with van der Waals surface area (Å²) in [5.74, 6) is 1.13. The molecule has 0 bridgehead atoms. The van der Waals surface area contributed by atoms with Crippen LogP contribution < -0.4 is 4.90 Å². The Labute approximate surface area is 187 Å². The number of rotatable bonds is 5. The third kappa shape index (κ3) is 3.42. The number of fused-ring (bicyclic) bond motifs is 3. The van der Waals surface area contributed by atoms with Gasteiger partial charge in [0.2, 0.25) is 5.28 Å². The van der Waals surface area contributed by atoms with Crippen molar-refractivity contribution in [2.24, 2.45) is 0 Å². The Hall–Kier alpha value is -3.65. The molecule has 3 aromatic heterocycles. The molecule has 0 unspecified atom stereocenters. The van der Waals surface area contributed by atoms with Gasteiger partial charge in [0.05, 0.1) is 5.52 Å². The molecule has 32 heavy (non-hydrogen) atoms. The van der Waals surface area contributed by atoms with Gasteiger partial charge in [0.1, 0.15) is 11.5 Å². The van der Waals surface area contributed by atoms with Crippen molar-refractivity contribution in [1.29, 1.82) is 0 Å². The zero-order valence-corrected chi connectivity index (χ0v) is 17.7. The number of aromatic nitrogens is 5.